The number of H-pyrrole nitrogens is 1. The predicted molar refractivity (Wildman–Crippen MR) is 67.2 cm³/mol. The number of oxazole rings is 1. The second-order valence-corrected chi connectivity index (χ2v) is 4.74. The van der Waals surface area contributed by atoms with Crippen molar-refractivity contribution in [2.45, 2.75) is 6.04 Å². The average molecular weight is 246 g/mol. The number of benzene rings is 1. The third-order valence-corrected chi connectivity index (χ3v) is 3.61. The predicted octanol–water partition coefficient (Wildman–Crippen LogP) is 2.23. The first-order chi connectivity index (χ1) is 8.24. The maximum atomic E-state index is 11.0. The summed E-state index contributed by atoms with van der Waals surface area (Å²) in [4.78, 5) is 14.7. The largest absolute Gasteiger partial charge is 0.417 e. The second kappa shape index (κ2) is 3.87. The van der Waals surface area contributed by atoms with Gasteiger partial charge >= 0.3 is 5.76 Å². The molecule has 4 nitrogen and oxygen atoms in total. The standard InChI is InChI=1S/C12H10N2O2S/c13-11(10-2-1-5-17-10)7-3-4-8-9(6-7)16-12(15)14-8/h1-6,11H,13H2,(H,14,15). The molecule has 3 rings (SSSR count). The Balaban J connectivity index is 2.08. The lowest BCUT2D eigenvalue weighted by atomic mass is 10.1. The lowest BCUT2D eigenvalue weighted by molar-refractivity contribution is 0.555. The lowest BCUT2D eigenvalue weighted by Crippen LogP contribution is -2.09. The molecule has 0 saturated heterocycles. The first kappa shape index (κ1) is 10.3. The number of nitrogens with one attached hydrogen (secondary N) is 1. The van der Waals surface area contributed by atoms with Crippen LogP contribution in [-0.2, 0) is 0 Å². The number of rotatable bonds is 2. The Kier molecular flexibility index (Phi) is 2.35. The van der Waals surface area contributed by atoms with Crippen LogP contribution in [0.15, 0.2) is 44.9 Å². The van der Waals surface area contributed by atoms with Gasteiger partial charge in [0.25, 0.3) is 0 Å². The van der Waals surface area contributed by atoms with Gasteiger partial charge in [-0.3, -0.25) is 4.98 Å². The first-order valence-electron chi connectivity index (χ1n) is 5.16. The summed E-state index contributed by atoms with van der Waals surface area (Å²) < 4.78 is 5.01. The fourth-order valence-corrected chi connectivity index (χ4v) is 2.54. The van der Waals surface area contributed by atoms with E-state index in [2.05, 4.69) is 4.98 Å². The monoisotopic (exact) mass is 246 g/mol. The van der Waals surface area contributed by atoms with Gasteiger partial charge in [-0.2, -0.15) is 0 Å². The van der Waals surface area contributed by atoms with Crippen molar-refractivity contribution in [1.82, 2.24) is 4.98 Å². The molecular formula is C12H10N2O2S. The number of fused-ring (bicyclic) bond motifs is 1. The number of aromatic amines is 1. The van der Waals surface area contributed by atoms with Gasteiger partial charge in [0.15, 0.2) is 5.58 Å². The molecule has 0 aliphatic heterocycles. The van der Waals surface area contributed by atoms with Crippen LogP contribution >= 0.6 is 11.3 Å². The smallest absolute Gasteiger partial charge is 0.408 e. The molecule has 0 radical (unpaired) electrons. The molecule has 0 aliphatic carbocycles. The van der Waals surface area contributed by atoms with Gasteiger partial charge in [-0.15, -0.1) is 11.3 Å². The molecule has 0 saturated carbocycles. The highest BCUT2D eigenvalue weighted by Crippen LogP contribution is 2.25. The Bertz CT molecular complexity index is 697. The Labute approximate surface area is 101 Å². The molecule has 0 aliphatic rings. The molecule has 2 aromatic heterocycles. The first-order valence-corrected chi connectivity index (χ1v) is 6.04. The third kappa shape index (κ3) is 1.79. The van der Waals surface area contributed by atoms with Gasteiger partial charge in [0.1, 0.15) is 0 Å². The highest BCUT2D eigenvalue weighted by Gasteiger charge is 2.11. The maximum absolute atomic E-state index is 11.0. The van der Waals surface area contributed by atoms with E-state index in [4.69, 9.17) is 10.2 Å². The zero-order valence-corrected chi connectivity index (χ0v) is 9.66. The van der Waals surface area contributed by atoms with Crippen LogP contribution in [0.4, 0.5) is 0 Å². The summed E-state index contributed by atoms with van der Waals surface area (Å²) in [6, 6.07) is 9.29. The van der Waals surface area contributed by atoms with Crippen LogP contribution in [-0.4, -0.2) is 4.98 Å². The van der Waals surface area contributed by atoms with Crippen molar-refractivity contribution in [3.63, 3.8) is 0 Å². The molecule has 0 fully saturated rings. The number of nitrogens with two attached hydrogens (primary N) is 1. The summed E-state index contributed by atoms with van der Waals surface area (Å²) >= 11 is 1.61. The minimum absolute atomic E-state index is 0.181. The molecule has 1 atom stereocenters. The molecular weight excluding hydrogens is 236 g/mol. The van der Waals surface area contributed by atoms with E-state index in [1.54, 1.807) is 17.4 Å². The maximum Gasteiger partial charge on any atom is 0.417 e. The molecule has 3 N–H and O–H groups in total. The molecule has 2 heterocycles. The van der Waals surface area contributed by atoms with E-state index < -0.39 is 5.76 Å². The number of hydrogen-bond donors (Lipinski definition) is 2. The Morgan fingerprint density at radius 3 is 3.00 bits per heavy atom. The molecule has 3 aromatic rings. The minimum atomic E-state index is -0.443. The normalized spacial score (nSPS) is 13.0. The molecule has 1 unspecified atom stereocenters. The number of thiophene rings is 1. The number of aromatic nitrogens is 1. The van der Waals surface area contributed by atoms with Crippen LogP contribution in [0.25, 0.3) is 11.1 Å². The fraction of sp³-hybridized carbons (Fsp3) is 0.0833. The van der Waals surface area contributed by atoms with Gasteiger partial charge in [0, 0.05) is 4.88 Å². The summed E-state index contributed by atoms with van der Waals surface area (Å²) in [6.07, 6.45) is 0. The van der Waals surface area contributed by atoms with Crippen molar-refractivity contribution in [3.8, 4) is 0 Å². The van der Waals surface area contributed by atoms with E-state index >= 15 is 0 Å². The van der Waals surface area contributed by atoms with Crippen molar-refractivity contribution >= 4 is 22.4 Å². The molecule has 17 heavy (non-hydrogen) atoms. The highest BCUT2D eigenvalue weighted by atomic mass is 32.1. The van der Waals surface area contributed by atoms with E-state index in [0.29, 0.717) is 11.1 Å². The average Bonchev–Trinajstić information content (AvgIpc) is 2.94. The molecule has 1 aromatic carbocycles. The molecule has 5 heteroatoms. The summed E-state index contributed by atoms with van der Waals surface area (Å²) in [7, 11) is 0. The van der Waals surface area contributed by atoms with Crippen molar-refractivity contribution in [2.24, 2.45) is 5.73 Å². The van der Waals surface area contributed by atoms with E-state index in [0.717, 1.165) is 10.4 Å². The Morgan fingerprint density at radius 2 is 2.24 bits per heavy atom. The van der Waals surface area contributed by atoms with Crippen molar-refractivity contribution in [2.75, 3.05) is 0 Å². The fourth-order valence-electron chi connectivity index (χ4n) is 1.79. The van der Waals surface area contributed by atoms with E-state index in [-0.39, 0.29) is 6.04 Å². The Morgan fingerprint density at radius 1 is 1.35 bits per heavy atom. The second-order valence-electron chi connectivity index (χ2n) is 3.76. The lowest BCUT2D eigenvalue weighted by Gasteiger charge is -2.09. The minimum Gasteiger partial charge on any atom is -0.408 e. The SMILES string of the molecule is NC(c1ccc2[nH]c(=O)oc2c1)c1cccs1. The van der Waals surface area contributed by atoms with Crippen LogP contribution in [0.1, 0.15) is 16.5 Å². The van der Waals surface area contributed by atoms with Crippen LogP contribution in [0, 0.1) is 0 Å². The van der Waals surface area contributed by atoms with E-state index in [9.17, 15) is 4.79 Å². The van der Waals surface area contributed by atoms with Gasteiger partial charge in [-0.25, -0.2) is 4.79 Å². The highest BCUT2D eigenvalue weighted by molar-refractivity contribution is 7.10. The summed E-state index contributed by atoms with van der Waals surface area (Å²) in [5.41, 5.74) is 8.31. The molecule has 0 amide bonds. The van der Waals surface area contributed by atoms with Gasteiger partial charge in [-0.05, 0) is 29.1 Å². The van der Waals surface area contributed by atoms with Crippen molar-refractivity contribution in [1.29, 1.82) is 0 Å². The van der Waals surface area contributed by atoms with Gasteiger partial charge in [0.05, 0.1) is 11.6 Å². The van der Waals surface area contributed by atoms with Crippen LogP contribution in [0.5, 0.6) is 0 Å². The zero-order chi connectivity index (χ0) is 11.8. The van der Waals surface area contributed by atoms with Crippen molar-refractivity contribution in [3.05, 3.63) is 56.7 Å². The van der Waals surface area contributed by atoms with Crippen LogP contribution in [0.3, 0.4) is 0 Å². The topological polar surface area (TPSA) is 72.0 Å². The third-order valence-electron chi connectivity index (χ3n) is 2.65. The van der Waals surface area contributed by atoms with E-state index in [1.807, 2.05) is 29.6 Å². The Hall–Kier alpha value is -1.85. The quantitative estimate of drug-likeness (QED) is 0.728. The summed E-state index contributed by atoms with van der Waals surface area (Å²) in [5, 5.41) is 1.99. The summed E-state index contributed by atoms with van der Waals surface area (Å²) in [5.74, 6) is -0.443. The zero-order valence-electron chi connectivity index (χ0n) is 8.84. The molecule has 0 bridgehead atoms. The molecule has 86 valence electrons. The van der Waals surface area contributed by atoms with Crippen molar-refractivity contribution < 1.29 is 4.42 Å². The van der Waals surface area contributed by atoms with E-state index in [1.165, 1.54) is 0 Å². The van der Waals surface area contributed by atoms with Gasteiger partial charge in [0.2, 0.25) is 0 Å². The van der Waals surface area contributed by atoms with Gasteiger partial charge < -0.3 is 10.2 Å². The van der Waals surface area contributed by atoms with Crippen LogP contribution < -0.4 is 11.5 Å². The molecule has 0 spiro atoms. The van der Waals surface area contributed by atoms with Crippen LogP contribution in [0.2, 0.25) is 0 Å². The number of hydrogen-bond acceptors (Lipinski definition) is 4. The summed E-state index contributed by atoms with van der Waals surface area (Å²) in [6.45, 7) is 0. The van der Waals surface area contributed by atoms with Gasteiger partial charge in [-0.1, -0.05) is 12.1 Å².